The number of carbonyl (C=O) groups is 11. The van der Waals surface area contributed by atoms with Crippen LogP contribution < -0.4 is 38.1 Å². The van der Waals surface area contributed by atoms with Crippen LogP contribution in [0.25, 0.3) is 0 Å². The van der Waals surface area contributed by atoms with Gasteiger partial charge in [-0.2, -0.15) is 0 Å². The second-order valence-electron chi connectivity index (χ2n) is 20.8. The van der Waals surface area contributed by atoms with Crippen LogP contribution in [-0.4, -0.2) is 233 Å². The normalized spacial score (nSPS) is 28.6. The summed E-state index contributed by atoms with van der Waals surface area (Å²) in [6.45, 7) is 3.48. The average Bonchev–Trinajstić information content (AvgIpc) is 4.23. The molecular formula is C49H79N11O19. The first-order chi connectivity index (χ1) is 37.3. The van der Waals surface area contributed by atoms with Crippen LogP contribution in [0.3, 0.4) is 0 Å². The van der Waals surface area contributed by atoms with Crippen molar-refractivity contribution >= 4 is 71.1 Å². The number of aliphatic hydroxyl groups is 5. The molecule has 0 radical (unpaired) electrons. The number of esters is 1. The van der Waals surface area contributed by atoms with Crippen LogP contribution in [-0.2, 0) is 57.5 Å². The molecule has 5 unspecified atom stereocenters. The smallest absolute Gasteiger partial charge is 0.335 e. The summed E-state index contributed by atoms with van der Waals surface area (Å²) < 4.78 is 5.64. The van der Waals surface area contributed by atoms with Gasteiger partial charge in [-0.1, -0.05) is 46.0 Å². The molecule has 4 aliphatic rings. The molecule has 0 aromatic heterocycles. The Morgan fingerprint density at radius 3 is 1.82 bits per heavy atom. The number of rotatable bonds is 18. The third kappa shape index (κ3) is 18.1. The van der Waals surface area contributed by atoms with Crippen molar-refractivity contribution < 1.29 is 93.2 Å². The monoisotopic (exact) mass is 1130 g/mol. The van der Waals surface area contributed by atoms with Crippen molar-refractivity contribution in [2.45, 2.75) is 196 Å². The fraction of sp³-hybridized carbons (Fsp3) is 0.755. The van der Waals surface area contributed by atoms with Crippen molar-refractivity contribution in [2.75, 3.05) is 32.8 Å². The molecule has 0 bridgehead atoms. The van der Waals surface area contributed by atoms with E-state index in [9.17, 15) is 88.5 Å². The van der Waals surface area contributed by atoms with E-state index in [0.717, 1.165) is 30.6 Å². The van der Waals surface area contributed by atoms with Gasteiger partial charge in [-0.3, -0.25) is 43.3 Å². The van der Waals surface area contributed by atoms with Crippen LogP contribution in [0, 0.1) is 5.92 Å². The Bertz CT molecular complexity index is 2230. The quantitative estimate of drug-likeness (QED) is 0.0263. The molecule has 79 heavy (non-hydrogen) atoms. The maximum atomic E-state index is 14.4. The van der Waals surface area contributed by atoms with E-state index in [1.54, 1.807) is 0 Å². The number of nitrogens with one attached hydrogen (secondary N) is 5. The SMILES string of the molecule is CC(C)CCCCCCCC1CC(=O)N[C@@H](C(C)O)C(=O)N2CCC[C@H]2C(=O)N2CCC[C@H]2C(=O)N[C@@H](CCCN=C(N)N)C(=O)N[C@@H](C(O)C(=O)O)C(=O)N[C@@H](CO)C(=O)N2CCC(O)[C@H]2C(=O)N[C@@H](C(O)C(=O)O)C(=O)O1. The molecule has 0 aromatic rings. The molecule has 0 spiro atoms. The molecule has 8 amide bonds. The highest BCUT2D eigenvalue weighted by molar-refractivity contribution is 6.00. The molecule has 13 atom stereocenters. The van der Waals surface area contributed by atoms with Gasteiger partial charge in [0.2, 0.25) is 47.3 Å². The number of unbranched alkanes of at least 4 members (excludes halogenated alkanes) is 4. The lowest BCUT2D eigenvalue weighted by molar-refractivity contribution is -0.165. The number of nitrogens with zero attached hydrogens (tertiary/aromatic N) is 4. The van der Waals surface area contributed by atoms with Gasteiger partial charge in [-0.25, -0.2) is 14.4 Å². The number of fused-ring (bicyclic) bond motifs is 3. The van der Waals surface area contributed by atoms with Gasteiger partial charge in [-0.05, 0) is 70.6 Å². The molecule has 444 valence electrons. The first-order valence-electron chi connectivity index (χ1n) is 26.8. The van der Waals surface area contributed by atoms with E-state index in [-0.39, 0.29) is 77.0 Å². The van der Waals surface area contributed by atoms with Crippen molar-refractivity contribution in [2.24, 2.45) is 22.4 Å². The van der Waals surface area contributed by atoms with Gasteiger partial charge in [-0.15, -0.1) is 0 Å². The second kappa shape index (κ2) is 30.6. The number of hydrogen-bond donors (Lipinski definition) is 14. The van der Waals surface area contributed by atoms with Gasteiger partial charge >= 0.3 is 17.9 Å². The summed E-state index contributed by atoms with van der Waals surface area (Å²) in [6, 6.07) is -14.9. The number of ether oxygens (including phenoxy) is 1. The number of carbonyl (C=O) groups excluding carboxylic acids is 9. The molecule has 4 fully saturated rings. The number of nitrogens with two attached hydrogens (primary N) is 2. The van der Waals surface area contributed by atoms with E-state index in [2.05, 4.69) is 34.8 Å². The minimum atomic E-state index is -2.76. The van der Waals surface area contributed by atoms with Crippen LogP contribution in [0.1, 0.15) is 117 Å². The van der Waals surface area contributed by atoms with E-state index in [0.29, 0.717) is 23.7 Å². The Balaban J connectivity index is 1.80. The van der Waals surface area contributed by atoms with E-state index < -0.39 is 164 Å². The standard InChI is InChI=1S/C49H79N11O19/c1-24(2)12-7-5-4-6-8-13-26-22-32(64)55-33(25(3)62)45(73)59-20-11-16-30(59)44(72)58-19-10-15-29(58)40(68)53-27(14-9-18-52-49(50)51)39(67)56-34(37(65)46(74)75)41(69)54-28(23-61)43(71)60-21-17-31(63)36(60)42(70)57-35(48(78)79-26)38(66)47(76)77/h24-31,33-38,61-63,65-66H,4-23H2,1-3H3,(H,53,68)(H,54,69)(H,55,64)(H,56,67)(H,57,70)(H,74,75)(H,76,77)(H4,50,51,52)/t25?,26?,27-,28-,29-,30-,31?,33-,34-,35-,36-,37?,38?/m0/s1. The van der Waals surface area contributed by atoms with Gasteiger partial charge in [0.25, 0.3) is 0 Å². The summed E-state index contributed by atoms with van der Waals surface area (Å²) in [5.74, 6) is -14.6. The third-order valence-electron chi connectivity index (χ3n) is 14.3. The lowest BCUT2D eigenvalue weighted by atomic mass is 10.0. The molecule has 0 saturated carbocycles. The van der Waals surface area contributed by atoms with Crippen LogP contribution >= 0.6 is 0 Å². The fourth-order valence-corrected chi connectivity index (χ4v) is 10.0. The number of hydrogen-bond acceptors (Lipinski definition) is 18. The third-order valence-corrected chi connectivity index (χ3v) is 14.3. The Kier molecular flexibility index (Phi) is 25.1. The fourth-order valence-electron chi connectivity index (χ4n) is 10.0. The number of guanidine groups is 1. The summed E-state index contributed by atoms with van der Waals surface area (Å²) in [4.78, 5) is 158. The van der Waals surface area contributed by atoms with Crippen molar-refractivity contribution in [3.8, 4) is 0 Å². The highest BCUT2D eigenvalue weighted by Crippen LogP contribution is 2.27. The van der Waals surface area contributed by atoms with Gasteiger partial charge in [0, 0.05) is 26.2 Å². The zero-order valence-corrected chi connectivity index (χ0v) is 44.7. The van der Waals surface area contributed by atoms with Crippen molar-refractivity contribution in [1.29, 1.82) is 0 Å². The number of aliphatic hydroxyl groups excluding tert-OH is 5. The van der Waals surface area contributed by atoms with Crippen molar-refractivity contribution in [3.05, 3.63) is 0 Å². The second-order valence-corrected chi connectivity index (χ2v) is 20.8. The van der Waals surface area contributed by atoms with Gasteiger partial charge in [0.05, 0.1) is 25.2 Å². The highest BCUT2D eigenvalue weighted by Gasteiger charge is 2.48. The first kappa shape index (κ1) is 64.8. The molecule has 30 heteroatoms. The maximum absolute atomic E-state index is 14.4. The first-order valence-corrected chi connectivity index (χ1v) is 26.8. The summed E-state index contributed by atoms with van der Waals surface area (Å²) in [6.07, 6.45) is -6.58. The Labute approximate surface area is 455 Å². The summed E-state index contributed by atoms with van der Waals surface area (Å²) >= 11 is 0. The van der Waals surface area contributed by atoms with E-state index in [1.807, 2.05) is 10.6 Å². The van der Waals surface area contributed by atoms with Crippen LogP contribution in [0.2, 0.25) is 0 Å². The molecule has 4 heterocycles. The minimum Gasteiger partial charge on any atom is -0.479 e. The molecule has 4 rings (SSSR count). The highest BCUT2D eigenvalue weighted by atomic mass is 16.5. The molecule has 16 N–H and O–H groups in total. The van der Waals surface area contributed by atoms with Crippen molar-refractivity contribution in [3.63, 3.8) is 0 Å². The molecule has 4 aliphatic heterocycles. The van der Waals surface area contributed by atoms with Crippen molar-refractivity contribution in [1.82, 2.24) is 41.3 Å². The Morgan fingerprint density at radius 1 is 0.633 bits per heavy atom. The Morgan fingerprint density at radius 2 is 1.22 bits per heavy atom. The number of aliphatic carboxylic acids is 2. The average molecular weight is 1130 g/mol. The number of aliphatic imine (C=N–C) groups is 1. The summed E-state index contributed by atoms with van der Waals surface area (Å²) in [5.41, 5.74) is 10.9. The predicted molar refractivity (Wildman–Crippen MR) is 273 cm³/mol. The zero-order valence-electron chi connectivity index (χ0n) is 44.7. The van der Waals surface area contributed by atoms with E-state index in [1.165, 1.54) is 11.8 Å². The molecule has 30 nitrogen and oxygen atoms in total. The number of carboxylic acids is 2. The number of cyclic esters (lactones) is 1. The Hall–Kier alpha value is -6.76. The molecule has 0 aliphatic carbocycles. The molecule has 4 saturated heterocycles. The van der Waals surface area contributed by atoms with Crippen LogP contribution in [0.5, 0.6) is 0 Å². The number of carboxylic acid groups (broad SMARTS) is 2. The summed E-state index contributed by atoms with van der Waals surface area (Å²) in [7, 11) is 0. The summed E-state index contributed by atoms with van der Waals surface area (Å²) in [5, 5.41) is 84.7. The number of amides is 8. The van der Waals surface area contributed by atoms with Crippen LogP contribution in [0.15, 0.2) is 4.99 Å². The topological polar surface area (TPSA) is 473 Å². The minimum absolute atomic E-state index is 0.00832. The maximum Gasteiger partial charge on any atom is 0.335 e. The van der Waals surface area contributed by atoms with Crippen LogP contribution in [0.4, 0.5) is 0 Å². The molecule has 0 aromatic carbocycles. The predicted octanol–water partition coefficient (Wildman–Crippen LogP) is -5.63. The molecular weight excluding hydrogens is 1050 g/mol. The largest absolute Gasteiger partial charge is 0.479 e. The van der Waals surface area contributed by atoms with E-state index in [4.69, 9.17) is 16.2 Å². The lowest BCUT2D eigenvalue weighted by Crippen LogP contribution is -2.64. The zero-order chi connectivity index (χ0) is 58.8. The van der Waals surface area contributed by atoms with E-state index >= 15 is 0 Å². The van der Waals surface area contributed by atoms with Gasteiger partial charge < -0.3 is 93.2 Å². The van der Waals surface area contributed by atoms with Gasteiger partial charge in [0.15, 0.2) is 24.2 Å². The lowest BCUT2D eigenvalue weighted by Gasteiger charge is -2.34. The van der Waals surface area contributed by atoms with Gasteiger partial charge in [0.1, 0.15) is 48.4 Å².